The normalized spacial score (nSPS) is 20.4. The second kappa shape index (κ2) is 3.55. The summed E-state index contributed by atoms with van der Waals surface area (Å²) in [6, 6.07) is 0. The lowest BCUT2D eigenvalue weighted by Gasteiger charge is -2.14. The van der Waals surface area contributed by atoms with Crippen LogP contribution in [-0.4, -0.2) is 39.9 Å². The fourth-order valence-corrected chi connectivity index (χ4v) is 0.366. The number of carbonyl (C=O) groups is 1. The monoisotopic (exact) mass is 134 g/mol. The fourth-order valence-electron chi connectivity index (χ4n) is 0.366. The molecule has 0 aliphatic rings. The predicted molar refractivity (Wildman–Crippen MR) is 29.8 cm³/mol. The van der Waals surface area contributed by atoms with Crippen molar-refractivity contribution < 1.29 is 20.1 Å². The van der Waals surface area contributed by atoms with E-state index in [0.717, 1.165) is 0 Å². The second-order valence-electron chi connectivity index (χ2n) is 1.86. The van der Waals surface area contributed by atoms with Crippen molar-refractivity contribution in [2.24, 2.45) is 0 Å². The Bertz CT molecular complexity index is 91.0. The van der Waals surface area contributed by atoms with Crippen molar-refractivity contribution in [3.05, 3.63) is 0 Å². The molecule has 0 radical (unpaired) electrons. The standard InChI is InChI=1S/C5H10O4/c1-3(7)5(9)4(8)2-6/h2-5,7-9H,1H3. The average molecular weight is 134 g/mol. The fraction of sp³-hybridized carbons (Fsp3) is 0.800. The Morgan fingerprint density at radius 1 is 1.33 bits per heavy atom. The number of aliphatic hydroxyl groups is 3. The van der Waals surface area contributed by atoms with Crippen LogP contribution in [0.3, 0.4) is 0 Å². The molecule has 0 saturated carbocycles. The van der Waals surface area contributed by atoms with Crippen LogP contribution in [0.1, 0.15) is 6.92 Å². The second-order valence-corrected chi connectivity index (χ2v) is 1.86. The number of aldehydes is 1. The molecule has 0 aromatic carbocycles. The van der Waals surface area contributed by atoms with Crippen molar-refractivity contribution in [3.63, 3.8) is 0 Å². The van der Waals surface area contributed by atoms with Crippen LogP contribution in [0.2, 0.25) is 0 Å². The molecule has 0 aliphatic heterocycles. The van der Waals surface area contributed by atoms with Crippen LogP contribution < -0.4 is 0 Å². The molecule has 0 aromatic rings. The Balaban J connectivity index is 3.71. The minimum atomic E-state index is -1.48. The van der Waals surface area contributed by atoms with E-state index in [4.69, 9.17) is 15.3 Å². The Morgan fingerprint density at radius 2 is 1.78 bits per heavy atom. The zero-order valence-corrected chi connectivity index (χ0v) is 5.06. The van der Waals surface area contributed by atoms with Gasteiger partial charge in [-0.1, -0.05) is 0 Å². The molecule has 0 rings (SSSR count). The molecule has 0 fully saturated rings. The molecule has 3 N–H and O–H groups in total. The Kier molecular flexibility index (Phi) is 3.37. The van der Waals surface area contributed by atoms with Crippen LogP contribution >= 0.6 is 0 Å². The topological polar surface area (TPSA) is 77.8 Å². The van der Waals surface area contributed by atoms with Crippen LogP contribution in [0.5, 0.6) is 0 Å². The summed E-state index contributed by atoms with van der Waals surface area (Å²) >= 11 is 0. The number of hydrogen-bond acceptors (Lipinski definition) is 4. The van der Waals surface area contributed by atoms with Gasteiger partial charge in [-0.2, -0.15) is 0 Å². The summed E-state index contributed by atoms with van der Waals surface area (Å²) in [6.07, 6.45) is -3.75. The molecule has 4 heteroatoms. The molecule has 0 spiro atoms. The maximum absolute atomic E-state index is 9.73. The molecular formula is C5H10O4. The van der Waals surface area contributed by atoms with Crippen LogP contribution in [0.15, 0.2) is 0 Å². The van der Waals surface area contributed by atoms with Crippen LogP contribution in [0.4, 0.5) is 0 Å². The number of aliphatic hydroxyl groups excluding tert-OH is 3. The number of rotatable bonds is 3. The molecule has 0 aliphatic carbocycles. The third-order valence-corrected chi connectivity index (χ3v) is 0.984. The van der Waals surface area contributed by atoms with Gasteiger partial charge < -0.3 is 20.1 Å². The van der Waals surface area contributed by atoms with Gasteiger partial charge in [0.05, 0.1) is 6.10 Å². The lowest BCUT2D eigenvalue weighted by molar-refractivity contribution is -0.125. The highest BCUT2D eigenvalue weighted by atomic mass is 16.4. The number of hydrogen-bond donors (Lipinski definition) is 3. The van der Waals surface area contributed by atoms with E-state index in [0.29, 0.717) is 0 Å². The summed E-state index contributed by atoms with van der Waals surface area (Å²) in [5, 5.41) is 25.7. The SMILES string of the molecule is CC(O)C(O)C(O)C=O. The zero-order valence-electron chi connectivity index (χ0n) is 5.06. The molecule has 0 aromatic heterocycles. The summed E-state index contributed by atoms with van der Waals surface area (Å²) in [5.74, 6) is 0. The minimum Gasteiger partial charge on any atom is -0.391 e. The van der Waals surface area contributed by atoms with Gasteiger partial charge in [0.25, 0.3) is 0 Å². The Labute approximate surface area is 52.7 Å². The largest absolute Gasteiger partial charge is 0.391 e. The van der Waals surface area contributed by atoms with Crippen molar-refractivity contribution in [3.8, 4) is 0 Å². The van der Waals surface area contributed by atoms with Crippen LogP contribution in [0, 0.1) is 0 Å². The van der Waals surface area contributed by atoms with Crippen LogP contribution in [0.25, 0.3) is 0 Å². The average Bonchev–Trinajstić information content (AvgIpc) is 1.84. The third kappa shape index (κ3) is 2.55. The van der Waals surface area contributed by atoms with E-state index < -0.39 is 18.3 Å². The summed E-state index contributed by atoms with van der Waals surface area (Å²) in [5.41, 5.74) is 0. The van der Waals surface area contributed by atoms with Crippen molar-refractivity contribution in [2.75, 3.05) is 0 Å². The summed E-state index contributed by atoms with van der Waals surface area (Å²) in [4.78, 5) is 9.73. The molecule has 4 nitrogen and oxygen atoms in total. The third-order valence-electron chi connectivity index (χ3n) is 0.984. The predicted octanol–water partition coefficient (Wildman–Crippen LogP) is -1.71. The molecule has 0 bridgehead atoms. The van der Waals surface area contributed by atoms with Crippen molar-refractivity contribution in [1.82, 2.24) is 0 Å². The lowest BCUT2D eigenvalue weighted by atomic mass is 10.1. The molecule has 0 heterocycles. The van der Waals surface area contributed by atoms with Gasteiger partial charge in [0.15, 0.2) is 6.29 Å². The van der Waals surface area contributed by atoms with Crippen molar-refractivity contribution in [2.45, 2.75) is 25.2 Å². The minimum absolute atomic E-state index is 0.178. The summed E-state index contributed by atoms with van der Waals surface area (Å²) < 4.78 is 0. The molecule has 3 unspecified atom stereocenters. The highest BCUT2D eigenvalue weighted by molar-refractivity contribution is 5.56. The maximum Gasteiger partial charge on any atom is 0.151 e. The van der Waals surface area contributed by atoms with E-state index in [1.54, 1.807) is 0 Å². The van der Waals surface area contributed by atoms with E-state index in [1.165, 1.54) is 6.92 Å². The van der Waals surface area contributed by atoms with E-state index in [1.807, 2.05) is 0 Å². The summed E-state index contributed by atoms with van der Waals surface area (Å²) in [6.45, 7) is 1.29. The first kappa shape index (κ1) is 8.55. The molecule has 0 saturated heterocycles. The molecule has 3 atom stereocenters. The van der Waals surface area contributed by atoms with Gasteiger partial charge in [0.1, 0.15) is 12.2 Å². The molecule has 0 amide bonds. The van der Waals surface area contributed by atoms with Crippen LogP contribution in [-0.2, 0) is 4.79 Å². The van der Waals surface area contributed by atoms with Gasteiger partial charge in [-0.25, -0.2) is 0 Å². The van der Waals surface area contributed by atoms with Gasteiger partial charge >= 0.3 is 0 Å². The Morgan fingerprint density at radius 3 is 1.89 bits per heavy atom. The van der Waals surface area contributed by atoms with Crippen molar-refractivity contribution >= 4 is 6.29 Å². The maximum atomic E-state index is 9.73. The molecular weight excluding hydrogens is 124 g/mol. The van der Waals surface area contributed by atoms with Gasteiger partial charge in [-0.15, -0.1) is 0 Å². The Hall–Kier alpha value is -0.450. The zero-order chi connectivity index (χ0) is 7.44. The number of carbonyl (C=O) groups excluding carboxylic acids is 1. The first-order chi connectivity index (χ1) is 4.09. The van der Waals surface area contributed by atoms with Gasteiger partial charge in [0.2, 0.25) is 0 Å². The van der Waals surface area contributed by atoms with E-state index in [-0.39, 0.29) is 6.29 Å². The van der Waals surface area contributed by atoms with E-state index in [2.05, 4.69) is 0 Å². The highest BCUT2D eigenvalue weighted by Crippen LogP contribution is 1.95. The first-order valence-electron chi connectivity index (χ1n) is 2.59. The first-order valence-corrected chi connectivity index (χ1v) is 2.59. The molecule has 54 valence electrons. The quantitative estimate of drug-likeness (QED) is 0.401. The molecule has 9 heavy (non-hydrogen) atoms. The lowest BCUT2D eigenvalue weighted by Crippen LogP contribution is -2.36. The van der Waals surface area contributed by atoms with Gasteiger partial charge in [0, 0.05) is 0 Å². The van der Waals surface area contributed by atoms with Crippen molar-refractivity contribution in [1.29, 1.82) is 0 Å². The van der Waals surface area contributed by atoms with Gasteiger partial charge in [-0.05, 0) is 6.92 Å². The van der Waals surface area contributed by atoms with E-state index in [9.17, 15) is 4.79 Å². The van der Waals surface area contributed by atoms with Gasteiger partial charge in [-0.3, -0.25) is 0 Å². The van der Waals surface area contributed by atoms with E-state index >= 15 is 0 Å². The summed E-state index contributed by atoms with van der Waals surface area (Å²) in [7, 11) is 0. The smallest absolute Gasteiger partial charge is 0.151 e. The highest BCUT2D eigenvalue weighted by Gasteiger charge is 2.19.